The number of aryl methyl sites for hydroxylation is 1. The summed E-state index contributed by atoms with van der Waals surface area (Å²) in [6.45, 7) is 0. The number of carbonyl (C=O) groups is 1. The maximum absolute atomic E-state index is 13.3. The first-order chi connectivity index (χ1) is 8.47. The van der Waals surface area contributed by atoms with Crippen LogP contribution in [0, 0.1) is 11.6 Å². The van der Waals surface area contributed by atoms with Crippen molar-refractivity contribution in [1.29, 1.82) is 0 Å². The fourth-order valence-electron chi connectivity index (χ4n) is 1.46. The third kappa shape index (κ3) is 2.29. The lowest BCUT2D eigenvalue weighted by molar-refractivity contribution is 0.102. The molecule has 2 aromatic rings. The fourth-order valence-corrected chi connectivity index (χ4v) is 1.46. The van der Waals surface area contributed by atoms with E-state index in [0.717, 1.165) is 12.1 Å². The van der Waals surface area contributed by atoms with Gasteiger partial charge in [0.2, 0.25) is 0 Å². The molecule has 1 aromatic carbocycles. The molecular weight excluding hydrogens is 242 g/mol. The van der Waals surface area contributed by atoms with Crippen molar-refractivity contribution in [2.75, 3.05) is 11.1 Å². The molecule has 94 valence electrons. The average Bonchev–Trinajstić information content (AvgIpc) is 2.62. The van der Waals surface area contributed by atoms with Crippen LogP contribution in [-0.4, -0.2) is 15.7 Å². The van der Waals surface area contributed by atoms with Gasteiger partial charge in [-0.3, -0.25) is 9.48 Å². The summed E-state index contributed by atoms with van der Waals surface area (Å²) >= 11 is 0. The molecule has 0 atom stereocenters. The minimum absolute atomic E-state index is 0.0128. The molecule has 0 radical (unpaired) electrons. The quantitative estimate of drug-likeness (QED) is 0.851. The van der Waals surface area contributed by atoms with Crippen LogP contribution in [0.5, 0.6) is 0 Å². The molecule has 3 N–H and O–H groups in total. The van der Waals surface area contributed by atoms with E-state index in [-0.39, 0.29) is 17.1 Å². The van der Waals surface area contributed by atoms with E-state index in [1.165, 1.54) is 10.9 Å². The number of anilines is 2. The van der Waals surface area contributed by atoms with Gasteiger partial charge in [-0.25, -0.2) is 8.78 Å². The monoisotopic (exact) mass is 252 g/mol. The number of amides is 1. The molecule has 0 saturated heterocycles. The van der Waals surface area contributed by atoms with Crippen molar-refractivity contribution in [1.82, 2.24) is 9.78 Å². The lowest BCUT2D eigenvalue weighted by atomic mass is 10.2. The number of halogens is 2. The number of hydrogen-bond acceptors (Lipinski definition) is 3. The normalized spacial score (nSPS) is 10.4. The molecule has 0 saturated carbocycles. The molecule has 18 heavy (non-hydrogen) atoms. The third-order valence-corrected chi connectivity index (χ3v) is 2.25. The van der Waals surface area contributed by atoms with Crippen molar-refractivity contribution in [3.05, 3.63) is 41.7 Å². The van der Waals surface area contributed by atoms with Gasteiger partial charge in [0.05, 0.1) is 11.4 Å². The molecular formula is C11H10F2N4O. The van der Waals surface area contributed by atoms with Crippen LogP contribution in [0.2, 0.25) is 0 Å². The molecule has 0 aliphatic rings. The van der Waals surface area contributed by atoms with Crippen molar-refractivity contribution >= 4 is 17.3 Å². The number of nitrogens with one attached hydrogen (secondary N) is 1. The van der Waals surface area contributed by atoms with Gasteiger partial charge in [0.25, 0.3) is 5.91 Å². The van der Waals surface area contributed by atoms with Gasteiger partial charge in [-0.15, -0.1) is 0 Å². The third-order valence-electron chi connectivity index (χ3n) is 2.25. The Hall–Kier alpha value is -2.44. The van der Waals surface area contributed by atoms with Gasteiger partial charge in [0.15, 0.2) is 5.69 Å². The van der Waals surface area contributed by atoms with Gasteiger partial charge in [-0.1, -0.05) is 0 Å². The molecule has 0 spiro atoms. The van der Waals surface area contributed by atoms with Gasteiger partial charge in [-0.05, 0) is 12.1 Å². The van der Waals surface area contributed by atoms with E-state index in [2.05, 4.69) is 10.4 Å². The maximum atomic E-state index is 13.3. The summed E-state index contributed by atoms with van der Waals surface area (Å²) in [6.07, 6.45) is 1.45. The molecule has 0 unspecified atom stereocenters. The van der Waals surface area contributed by atoms with Crippen LogP contribution in [0.4, 0.5) is 20.2 Å². The van der Waals surface area contributed by atoms with Crippen molar-refractivity contribution in [3.63, 3.8) is 0 Å². The van der Waals surface area contributed by atoms with Crippen molar-refractivity contribution < 1.29 is 13.6 Å². The van der Waals surface area contributed by atoms with Crippen molar-refractivity contribution in [3.8, 4) is 0 Å². The number of hydrogen-bond donors (Lipinski definition) is 2. The van der Waals surface area contributed by atoms with E-state index in [1.54, 1.807) is 7.05 Å². The minimum atomic E-state index is -0.863. The smallest absolute Gasteiger partial charge is 0.278 e. The molecule has 1 aromatic heterocycles. The highest BCUT2D eigenvalue weighted by molar-refractivity contribution is 6.06. The minimum Gasteiger partial charge on any atom is -0.396 e. The summed E-state index contributed by atoms with van der Waals surface area (Å²) in [5.41, 5.74) is 5.59. The lowest BCUT2D eigenvalue weighted by Crippen LogP contribution is -2.15. The summed E-state index contributed by atoms with van der Waals surface area (Å²) in [5.74, 6) is -2.24. The Morgan fingerprint density at radius 1 is 1.44 bits per heavy atom. The van der Waals surface area contributed by atoms with Crippen LogP contribution < -0.4 is 11.1 Å². The second kappa shape index (κ2) is 4.44. The zero-order valence-corrected chi connectivity index (χ0v) is 9.45. The second-order valence-corrected chi connectivity index (χ2v) is 3.69. The Bertz CT molecular complexity index is 609. The summed E-state index contributed by atoms with van der Waals surface area (Å²) in [7, 11) is 1.60. The first kappa shape index (κ1) is 12.0. The number of nitrogens with zero attached hydrogens (tertiary/aromatic N) is 2. The number of carbonyl (C=O) groups excluding carboxylic acids is 1. The molecule has 0 bridgehead atoms. The molecule has 7 heteroatoms. The van der Waals surface area contributed by atoms with Crippen LogP contribution in [-0.2, 0) is 7.05 Å². The van der Waals surface area contributed by atoms with E-state index in [0.29, 0.717) is 6.07 Å². The van der Waals surface area contributed by atoms with Crippen LogP contribution >= 0.6 is 0 Å². The molecule has 1 amide bonds. The van der Waals surface area contributed by atoms with Gasteiger partial charge in [0.1, 0.15) is 11.6 Å². The first-order valence-electron chi connectivity index (χ1n) is 5.03. The van der Waals surface area contributed by atoms with Crippen LogP contribution in [0.1, 0.15) is 10.5 Å². The molecule has 2 rings (SSSR count). The molecule has 5 nitrogen and oxygen atoms in total. The Morgan fingerprint density at radius 3 is 2.72 bits per heavy atom. The highest BCUT2D eigenvalue weighted by Crippen LogP contribution is 2.17. The SMILES string of the molecule is Cn1cc(N)c(C(=O)Nc2ccc(F)cc2F)n1. The average molecular weight is 252 g/mol. The largest absolute Gasteiger partial charge is 0.396 e. The van der Waals surface area contributed by atoms with Gasteiger partial charge in [0, 0.05) is 19.3 Å². The second-order valence-electron chi connectivity index (χ2n) is 3.69. The number of rotatable bonds is 2. The highest BCUT2D eigenvalue weighted by atomic mass is 19.1. The van der Waals surface area contributed by atoms with Crippen molar-refractivity contribution in [2.45, 2.75) is 0 Å². The summed E-state index contributed by atoms with van der Waals surface area (Å²) in [6, 6.07) is 2.85. The van der Waals surface area contributed by atoms with E-state index >= 15 is 0 Å². The number of aromatic nitrogens is 2. The van der Waals surface area contributed by atoms with Gasteiger partial charge in [-0.2, -0.15) is 5.10 Å². The van der Waals surface area contributed by atoms with E-state index in [4.69, 9.17) is 5.73 Å². The van der Waals surface area contributed by atoms with E-state index < -0.39 is 17.5 Å². The molecule has 0 aliphatic carbocycles. The predicted octanol–water partition coefficient (Wildman–Crippen LogP) is 1.53. The zero-order valence-electron chi connectivity index (χ0n) is 9.45. The summed E-state index contributed by atoms with van der Waals surface area (Å²) < 4.78 is 27.4. The fraction of sp³-hybridized carbons (Fsp3) is 0.0909. The van der Waals surface area contributed by atoms with Crippen LogP contribution in [0.3, 0.4) is 0 Å². The Balaban J connectivity index is 2.24. The summed E-state index contributed by atoms with van der Waals surface area (Å²) in [5, 5.41) is 6.11. The lowest BCUT2D eigenvalue weighted by Gasteiger charge is -2.04. The first-order valence-corrected chi connectivity index (χ1v) is 5.03. The highest BCUT2D eigenvalue weighted by Gasteiger charge is 2.15. The summed E-state index contributed by atoms with van der Waals surface area (Å²) in [4.78, 5) is 11.8. The number of nitrogens with two attached hydrogens (primary N) is 1. The van der Waals surface area contributed by atoms with Gasteiger partial charge >= 0.3 is 0 Å². The Labute approximate surface area is 101 Å². The van der Waals surface area contributed by atoms with Crippen LogP contribution in [0.15, 0.2) is 24.4 Å². The molecule has 0 fully saturated rings. The Morgan fingerprint density at radius 2 is 2.17 bits per heavy atom. The predicted molar refractivity (Wildman–Crippen MR) is 61.9 cm³/mol. The van der Waals surface area contributed by atoms with Gasteiger partial charge < -0.3 is 11.1 Å². The standard InChI is InChI=1S/C11H10F2N4O/c1-17-5-8(14)10(16-17)11(18)15-9-3-2-6(12)4-7(9)13/h2-5H,14H2,1H3,(H,15,18). The maximum Gasteiger partial charge on any atom is 0.278 e. The molecule has 1 heterocycles. The zero-order chi connectivity index (χ0) is 13.3. The van der Waals surface area contributed by atoms with E-state index in [1.807, 2.05) is 0 Å². The topological polar surface area (TPSA) is 72.9 Å². The van der Waals surface area contributed by atoms with Crippen LogP contribution in [0.25, 0.3) is 0 Å². The number of benzene rings is 1. The Kier molecular flexibility index (Phi) is 2.97. The van der Waals surface area contributed by atoms with Crippen molar-refractivity contribution in [2.24, 2.45) is 7.05 Å². The number of nitrogen functional groups attached to an aromatic ring is 1. The van der Waals surface area contributed by atoms with E-state index in [9.17, 15) is 13.6 Å². The molecule has 0 aliphatic heterocycles.